The lowest BCUT2D eigenvalue weighted by Crippen LogP contribution is -2.38. The number of sulfonamides is 1. The summed E-state index contributed by atoms with van der Waals surface area (Å²) in [6.07, 6.45) is 1.66. The Hall–Kier alpha value is -2.38. The van der Waals surface area contributed by atoms with Crippen LogP contribution < -0.4 is 10.1 Å². The van der Waals surface area contributed by atoms with Crippen molar-refractivity contribution in [3.63, 3.8) is 0 Å². The van der Waals surface area contributed by atoms with Gasteiger partial charge < -0.3 is 10.1 Å². The van der Waals surface area contributed by atoms with Gasteiger partial charge in [-0.3, -0.25) is 4.79 Å². The summed E-state index contributed by atoms with van der Waals surface area (Å²) < 4.78 is 31.1. The largest absolute Gasteiger partial charge is 0.497 e. The van der Waals surface area contributed by atoms with E-state index >= 15 is 0 Å². The van der Waals surface area contributed by atoms with E-state index in [1.54, 1.807) is 12.1 Å². The first-order chi connectivity index (χ1) is 12.8. The summed E-state index contributed by atoms with van der Waals surface area (Å²) in [5.41, 5.74) is 2.43. The summed E-state index contributed by atoms with van der Waals surface area (Å²) in [5.74, 6) is 0.251. The highest BCUT2D eigenvalue weighted by molar-refractivity contribution is 7.89. The topological polar surface area (TPSA) is 75.7 Å². The van der Waals surface area contributed by atoms with Crippen LogP contribution in [-0.2, 0) is 21.2 Å². The van der Waals surface area contributed by atoms with Gasteiger partial charge in [0.25, 0.3) is 0 Å². The fourth-order valence-corrected chi connectivity index (χ4v) is 3.67. The normalized spacial score (nSPS) is 11.4. The molecule has 2 aromatic carbocycles. The van der Waals surface area contributed by atoms with Crippen LogP contribution in [0.25, 0.3) is 0 Å². The van der Waals surface area contributed by atoms with Crippen LogP contribution in [0.1, 0.15) is 17.5 Å². The molecule has 0 saturated carbocycles. The number of benzene rings is 2. The second-order valence-electron chi connectivity index (χ2n) is 6.38. The molecule has 0 aliphatic rings. The van der Waals surface area contributed by atoms with Gasteiger partial charge in [-0.05, 0) is 49.6 Å². The Kier molecular flexibility index (Phi) is 7.38. The molecule has 2 aromatic rings. The second kappa shape index (κ2) is 9.53. The zero-order valence-electron chi connectivity index (χ0n) is 15.9. The molecule has 146 valence electrons. The molecule has 0 heterocycles. The minimum atomic E-state index is -3.72. The quantitative estimate of drug-likeness (QED) is 0.667. The molecule has 0 aliphatic heterocycles. The van der Waals surface area contributed by atoms with E-state index in [-0.39, 0.29) is 17.3 Å². The average molecular weight is 391 g/mol. The minimum Gasteiger partial charge on any atom is -0.497 e. The van der Waals surface area contributed by atoms with Crippen LogP contribution in [0.5, 0.6) is 5.75 Å². The lowest BCUT2D eigenvalue weighted by molar-refractivity contribution is -0.121. The monoisotopic (exact) mass is 390 g/mol. The van der Waals surface area contributed by atoms with Crippen LogP contribution in [0.2, 0.25) is 0 Å². The molecule has 0 fully saturated rings. The van der Waals surface area contributed by atoms with Crippen molar-refractivity contribution in [1.82, 2.24) is 9.62 Å². The van der Waals surface area contributed by atoms with Gasteiger partial charge in [-0.15, -0.1) is 0 Å². The first-order valence-electron chi connectivity index (χ1n) is 8.75. The Bertz CT molecular complexity index is 847. The Labute approximate surface area is 161 Å². The molecule has 0 spiro atoms. The smallest absolute Gasteiger partial charge is 0.243 e. The molecule has 1 N–H and O–H groups in total. The van der Waals surface area contributed by atoms with Crippen molar-refractivity contribution in [2.75, 3.05) is 27.2 Å². The van der Waals surface area contributed by atoms with Gasteiger partial charge in [0, 0.05) is 13.6 Å². The standard InChI is InChI=1S/C20H26N2O4S/c1-16-6-8-17(9-7-16)5-4-14-21-20(23)15-22(2)27(24,25)19-12-10-18(26-3)11-13-19/h6-13H,4-5,14-15H2,1-3H3,(H,21,23). The molecule has 0 bridgehead atoms. The molecule has 0 atom stereocenters. The van der Waals surface area contributed by atoms with Gasteiger partial charge in [0.1, 0.15) is 5.75 Å². The molecule has 0 radical (unpaired) electrons. The van der Waals surface area contributed by atoms with E-state index in [9.17, 15) is 13.2 Å². The number of nitrogens with zero attached hydrogens (tertiary/aromatic N) is 1. The van der Waals surface area contributed by atoms with Crippen LogP contribution in [0.15, 0.2) is 53.4 Å². The Morgan fingerprint density at radius 3 is 2.30 bits per heavy atom. The predicted octanol–water partition coefficient (Wildman–Crippen LogP) is 2.37. The molecule has 7 heteroatoms. The fraction of sp³-hybridized carbons (Fsp3) is 0.350. The molecular weight excluding hydrogens is 364 g/mol. The van der Waals surface area contributed by atoms with Gasteiger partial charge in [-0.2, -0.15) is 4.31 Å². The summed E-state index contributed by atoms with van der Waals surface area (Å²) in [4.78, 5) is 12.2. The number of methoxy groups -OCH3 is 1. The zero-order chi connectivity index (χ0) is 19.9. The van der Waals surface area contributed by atoms with Gasteiger partial charge in [-0.25, -0.2) is 8.42 Å². The van der Waals surface area contributed by atoms with Crippen molar-refractivity contribution in [3.05, 3.63) is 59.7 Å². The number of aryl methyl sites for hydroxylation is 2. The van der Waals surface area contributed by atoms with E-state index in [1.165, 1.54) is 37.4 Å². The fourth-order valence-electron chi connectivity index (χ4n) is 2.55. The van der Waals surface area contributed by atoms with Gasteiger partial charge in [0.05, 0.1) is 18.6 Å². The molecule has 1 amide bonds. The van der Waals surface area contributed by atoms with E-state index in [0.29, 0.717) is 12.3 Å². The lowest BCUT2D eigenvalue weighted by Gasteiger charge is -2.17. The number of likely N-dealkylation sites (N-methyl/N-ethyl adjacent to an activating group) is 1. The van der Waals surface area contributed by atoms with Crippen LogP contribution in [0, 0.1) is 6.92 Å². The predicted molar refractivity (Wildman–Crippen MR) is 105 cm³/mol. The van der Waals surface area contributed by atoms with Gasteiger partial charge >= 0.3 is 0 Å². The SMILES string of the molecule is COc1ccc(S(=O)(=O)N(C)CC(=O)NCCCc2ccc(C)cc2)cc1. The van der Waals surface area contributed by atoms with E-state index in [2.05, 4.69) is 29.6 Å². The number of hydrogen-bond donors (Lipinski definition) is 1. The third-order valence-electron chi connectivity index (χ3n) is 4.22. The Balaban J connectivity index is 1.80. The van der Waals surface area contributed by atoms with Crippen molar-refractivity contribution in [3.8, 4) is 5.75 Å². The maximum absolute atomic E-state index is 12.5. The third kappa shape index (κ3) is 6.08. The van der Waals surface area contributed by atoms with Crippen LogP contribution >= 0.6 is 0 Å². The first kappa shape index (κ1) is 20.9. The molecule has 2 rings (SSSR count). The van der Waals surface area contributed by atoms with Crippen LogP contribution in [-0.4, -0.2) is 45.9 Å². The van der Waals surface area contributed by atoms with Gasteiger partial charge in [0.15, 0.2) is 0 Å². The number of carbonyl (C=O) groups is 1. The van der Waals surface area contributed by atoms with E-state index in [0.717, 1.165) is 17.1 Å². The summed E-state index contributed by atoms with van der Waals surface area (Å²) >= 11 is 0. The number of carbonyl (C=O) groups excluding carboxylic acids is 1. The van der Waals surface area contributed by atoms with Crippen LogP contribution in [0.3, 0.4) is 0 Å². The highest BCUT2D eigenvalue weighted by Crippen LogP contribution is 2.18. The molecular formula is C20H26N2O4S. The molecule has 0 aromatic heterocycles. The molecule has 6 nitrogen and oxygen atoms in total. The summed E-state index contributed by atoms with van der Waals surface area (Å²) in [6.45, 7) is 2.32. The van der Waals surface area contributed by atoms with Crippen LogP contribution in [0.4, 0.5) is 0 Å². The van der Waals surface area contributed by atoms with E-state index < -0.39 is 10.0 Å². The summed E-state index contributed by atoms with van der Waals surface area (Å²) in [7, 11) is -0.813. The van der Waals surface area contributed by atoms with Gasteiger partial charge in [0.2, 0.25) is 15.9 Å². The maximum Gasteiger partial charge on any atom is 0.243 e. The molecule has 0 unspecified atom stereocenters. The number of rotatable bonds is 9. The van der Waals surface area contributed by atoms with Crippen molar-refractivity contribution in [2.24, 2.45) is 0 Å². The van der Waals surface area contributed by atoms with Crippen molar-refractivity contribution in [1.29, 1.82) is 0 Å². The third-order valence-corrected chi connectivity index (χ3v) is 6.04. The number of ether oxygens (including phenoxy) is 1. The minimum absolute atomic E-state index is 0.123. The molecule has 0 aliphatic carbocycles. The summed E-state index contributed by atoms with van der Waals surface area (Å²) in [5, 5.41) is 2.77. The second-order valence-corrected chi connectivity index (χ2v) is 8.42. The zero-order valence-corrected chi connectivity index (χ0v) is 16.8. The van der Waals surface area contributed by atoms with E-state index in [4.69, 9.17) is 4.74 Å². The van der Waals surface area contributed by atoms with E-state index in [1.807, 2.05) is 6.92 Å². The summed E-state index contributed by atoms with van der Waals surface area (Å²) in [6, 6.07) is 14.4. The molecule has 27 heavy (non-hydrogen) atoms. The first-order valence-corrected chi connectivity index (χ1v) is 10.2. The highest BCUT2D eigenvalue weighted by Gasteiger charge is 2.22. The number of amides is 1. The Morgan fingerprint density at radius 1 is 1.07 bits per heavy atom. The average Bonchev–Trinajstić information content (AvgIpc) is 2.66. The maximum atomic E-state index is 12.5. The number of hydrogen-bond acceptors (Lipinski definition) is 4. The number of nitrogens with one attached hydrogen (secondary N) is 1. The lowest BCUT2D eigenvalue weighted by atomic mass is 10.1. The Morgan fingerprint density at radius 2 is 1.70 bits per heavy atom. The molecule has 0 saturated heterocycles. The van der Waals surface area contributed by atoms with Gasteiger partial charge in [-0.1, -0.05) is 29.8 Å². The van der Waals surface area contributed by atoms with Crippen molar-refractivity contribution in [2.45, 2.75) is 24.7 Å². The van der Waals surface area contributed by atoms with Crippen molar-refractivity contribution >= 4 is 15.9 Å². The highest BCUT2D eigenvalue weighted by atomic mass is 32.2. The van der Waals surface area contributed by atoms with Crippen molar-refractivity contribution < 1.29 is 17.9 Å².